The summed E-state index contributed by atoms with van der Waals surface area (Å²) < 4.78 is 7.47. The SMILES string of the molecule is CCn1cc(COc2ccccc2)nc1N. The van der Waals surface area contributed by atoms with Crippen LogP contribution in [0, 0.1) is 0 Å². The molecule has 84 valence electrons. The van der Waals surface area contributed by atoms with Crippen molar-refractivity contribution in [2.24, 2.45) is 0 Å². The fraction of sp³-hybridized carbons (Fsp3) is 0.250. The Labute approximate surface area is 94.7 Å². The number of hydrogen-bond acceptors (Lipinski definition) is 3. The molecular weight excluding hydrogens is 202 g/mol. The van der Waals surface area contributed by atoms with E-state index in [-0.39, 0.29) is 0 Å². The molecule has 4 heteroatoms. The summed E-state index contributed by atoms with van der Waals surface area (Å²) in [6.07, 6.45) is 1.91. The highest BCUT2D eigenvalue weighted by atomic mass is 16.5. The summed E-state index contributed by atoms with van der Waals surface area (Å²) >= 11 is 0. The second-order valence-electron chi connectivity index (χ2n) is 3.48. The number of rotatable bonds is 4. The van der Waals surface area contributed by atoms with Gasteiger partial charge in [-0.15, -0.1) is 0 Å². The number of anilines is 1. The Bertz CT molecular complexity index is 451. The van der Waals surface area contributed by atoms with Crippen LogP contribution in [0.1, 0.15) is 12.6 Å². The van der Waals surface area contributed by atoms with Gasteiger partial charge in [-0.05, 0) is 19.1 Å². The molecule has 0 aliphatic heterocycles. The van der Waals surface area contributed by atoms with Crippen molar-refractivity contribution in [3.05, 3.63) is 42.2 Å². The van der Waals surface area contributed by atoms with E-state index in [1.807, 2.05) is 48.0 Å². The average molecular weight is 217 g/mol. The minimum absolute atomic E-state index is 0.446. The summed E-state index contributed by atoms with van der Waals surface area (Å²) in [5.74, 6) is 1.38. The van der Waals surface area contributed by atoms with Crippen LogP contribution in [0.3, 0.4) is 0 Å². The van der Waals surface area contributed by atoms with Crippen LogP contribution in [-0.2, 0) is 13.2 Å². The van der Waals surface area contributed by atoms with Crippen molar-refractivity contribution in [1.29, 1.82) is 0 Å². The summed E-state index contributed by atoms with van der Waals surface area (Å²) in [6, 6.07) is 9.67. The average Bonchev–Trinajstić information content (AvgIpc) is 2.69. The molecular formula is C12H15N3O. The summed E-state index contributed by atoms with van der Waals surface area (Å²) in [7, 11) is 0. The van der Waals surface area contributed by atoms with Gasteiger partial charge in [-0.1, -0.05) is 18.2 Å². The van der Waals surface area contributed by atoms with E-state index in [0.717, 1.165) is 18.0 Å². The lowest BCUT2D eigenvalue weighted by atomic mass is 10.3. The standard InChI is InChI=1S/C12H15N3O/c1-2-15-8-10(14-12(15)13)9-16-11-6-4-3-5-7-11/h3-8H,2,9H2,1H3,(H2,13,14). The monoisotopic (exact) mass is 217 g/mol. The summed E-state index contributed by atoms with van der Waals surface area (Å²) in [4.78, 5) is 4.21. The first-order chi connectivity index (χ1) is 7.79. The van der Waals surface area contributed by atoms with E-state index >= 15 is 0 Å². The van der Waals surface area contributed by atoms with Crippen molar-refractivity contribution in [2.45, 2.75) is 20.1 Å². The first kappa shape index (κ1) is 10.5. The van der Waals surface area contributed by atoms with Gasteiger partial charge in [0.2, 0.25) is 0 Å². The van der Waals surface area contributed by atoms with Gasteiger partial charge in [-0.25, -0.2) is 4.98 Å². The molecule has 16 heavy (non-hydrogen) atoms. The number of benzene rings is 1. The minimum Gasteiger partial charge on any atom is -0.487 e. The molecule has 2 N–H and O–H groups in total. The van der Waals surface area contributed by atoms with Crippen LogP contribution >= 0.6 is 0 Å². The number of para-hydroxylation sites is 1. The second-order valence-corrected chi connectivity index (χ2v) is 3.48. The highest BCUT2D eigenvalue weighted by Crippen LogP contribution is 2.12. The zero-order chi connectivity index (χ0) is 11.4. The van der Waals surface area contributed by atoms with Gasteiger partial charge in [0.15, 0.2) is 5.95 Å². The number of nitrogen functional groups attached to an aromatic ring is 1. The summed E-state index contributed by atoms with van der Waals surface area (Å²) in [5.41, 5.74) is 6.57. The third kappa shape index (κ3) is 2.34. The molecule has 0 saturated heterocycles. The molecule has 1 aromatic heterocycles. The van der Waals surface area contributed by atoms with Crippen molar-refractivity contribution in [1.82, 2.24) is 9.55 Å². The predicted octanol–water partition coefficient (Wildman–Crippen LogP) is 2.06. The fourth-order valence-corrected chi connectivity index (χ4v) is 1.48. The molecule has 0 bridgehead atoms. The van der Waals surface area contributed by atoms with E-state index in [2.05, 4.69) is 4.98 Å². The molecule has 4 nitrogen and oxygen atoms in total. The van der Waals surface area contributed by atoms with Gasteiger partial charge in [-0.2, -0.15) is 0 Å². The first-order valence-corrected chi connectivity index (χ1v) is 5.29. The third-order valence-corrected chi connectivity index (χ3v) is 2.33. The maximum absolute atomic E-state index is 5.72. The van der Waals surface area contributed by atoms with Crippen molar-refractivity contribution in [2.75, 3.05) is 5.73 Å². The van der Waals surface area contributed by atoms with Crippen molar-refractivity contribution >= 4 is 5.95 Å². The van der Waals surface area contributed by atoms with Gasteiger partial charge in [0.05, 0.1) is 5.69 Å². The smallest absolute Gasteiger partial charge is 0.200 e. The minimum atomic E-state index is 0.446. The van der Waals surface area contributed by atoms with E-state index in [4.69, 9.17) is 10.5 Å². The molecule has 2 aromatic rings. The van der Waals surface area contributed by atoms with Gasteiger partial charge in [0, 0.05) is 12.7 Å². The predicted molar refractivity (Wildman–Crippen MR) is 63.1 cm³/mol. The Balaban J connectivity index is 2.00. The molecule has 0 aliphatic rings. The van der Waals surface area contributed by atoms with Gasteiger partial charge in [-0.3, -0.25) is 0 Å². The van der Waals surface area contributed by atoms with Crippen molar-refractivity contribution in [3.63, 3.8) is 0 Å². The van der Waals surface area contributed by atoms with E-state index < -0.39 is 0 Å². The Morgan fingerprint density at radius 1 is 1.31 bits per heavy atom. The lowest BCUT2D eigenvalue weighted by molar-refractivity contribution is 0.302. The zero-order valence-corrected chi connectivity index (χ0v) is 9.26. The molecule has 0 spiro atoms. The Kier molecular flexibility index (Phi) is 3.10. The molecule has 0 fully saturated rings. The van der Waals surface area contributed by atoms with E-state index in [1.54, 1.807) is 0 Å². The highest BCUT2D eigenvalue weighted by Gasteiger charge is 2.03. The third-order valence-electron chi connectivity index (χ3n) is 2.33. The molecule has 0 radical (unpaired) electrons. The largest absolute Gasteiger partial charge is 0.487 e. The van der Waals surface area contributed by atoms with E-state index in [9.17, 15) is 0 Å². The van der Waals surface area contributed by atoms with Gasteiger partial charge >= 0.3 is 0 Å². The van der Waals surface area contributed by atoms with Crippen LogP contribution in [0.25, 0.3) is 0 Å². The van der Waals surface area contributed by atoms with Crippen LogP contribution < -0.4 is 10.5 Å². The molecule has 0 unspecified atom stereocenters. The summed E-state index contributed by atoms with van der Waals surface area (Å²) in [5, 5.41) is 0. The molecule has 1 aromatic carbocycles. The number of ether oxygens (including phenoxy) is 1. The lowest BCUT2D eigenvalue weighted by Crippen LogP contribution is -1.98. The Hall–Kier alpha value is -1.97. The highest BCUT2D eigenvalue weighted by molar-refractivity contribution is 5.23. The zero-order valence-electron chi connectivity index (χ0n) is 9.26. The van der Waals surface area contributed by atoms with Crippen LogP contribution in [-0.4, -0.2) is 9.55 Å². The molecule has 0 amide bonds. The van der Waals surface area contributed by atoms with Crippen LogP contribution in [0.4, 0.5) is 5.95 Å². The number of hydrogen-bond donors (Lipinski definition) is 1. The molecule has 0 saturated carbocycles. The molecule has 0 aliphatic carbocycles. The number of nitrogens with two attached hydrogens (primary N) is 1. The number of nitrogens with zero attached hydrogens (tertiary/aromatic N) is 2. The van der Waals surface area contributed by atoms with E-state index in [1.165, 1.54) is 0 Å². The number of aryl methyl sites for hydroxylation is 1. The first-order valence-electron chi connectivity index (χ1n) is 5.29. The summed E-state index contributed by atoms with van der Waals surface area (Å²) in [6.45, 7) is 3.30. The normalized spacial score (nSPS) is 10.3. The van der Waals surface area contributed by atoms with Gasteiger partial charge in [0.1, 0.15) is 12.4 Å². The van der Waals surface area contributed by atoms with Crippen LogP contribution in [0.5, 0.6) is 5.75 Å². The molecule has 0 atom stereocenters. The van der Waals surface area contributed by atoms with Gasteiger partial charge < -0.3 is 15.0 Å². The van der Waals surface area contributed by atoms with Crippen molar-refractivity contribution < 1.29 is 4.74 Å². The van der Waals surface area contributed by atoms with Crippen LogP contribution in [0.2, 0.25) is 0 Å². The second kappa shape index (κ2) is 4.70. The Morgan fingerprint density at radius 3 is 2.69 bits per heavy atom. The van der Waals surface area contributed by atoms with Crippen molar-refractivity contribution in [3.8, 4) is 5.75 Å². The Morgan fingerprint density at radius 2 is 2.06 bits per heavy atom. The van der Waals surface area contributed by atoms with E-state index in [0.29, 0.717) is 12.6 Å². The number of aromatic nitrogens is 2. The maximum Gasteiger partial charge on any atom is 0.200 e. The topological polar surface area (TPSA) is 53.1 Å². The molecule has 1 heterocycles. The molecule has 2 rings (SSSR count). The quantitative estimate of drug-likeness (QED) is 0.852. The fourth-order valence-electron chi connectivity index (χ4n) is 1.48. The van der Waals surface area contributed by atoms with Gasteiger partial charge in [0.25, 0.3) is 0 Å². The lowest BCUT2D eigenvalue weighted by Gasteiger charge is -2.02. The maximum atomic E-state index is 5.72. The number of imidazole rings is 1. The van der Waals surface area contributed by atoms with Crippen LogP contribution in [0.15, 0.2) is 36.5 Å².